The summed E-state index contributed by atoms with van der Waals surface area (Å²) in [6.45, 7) is 5.13. The predicted molar refractivity (Wildman–Crippen MR) is 131 cm³/mol. The summed E-state index contributed by atoms with van der Waals surface area (Å²) in [6, 6.07) is 14.8. The van der Waals surface area contributed by atoms with Gasteiger partial charge in [0.2, 0.25) is 5.82 Å². The van der Waals surface area contributed by atoms with Crippen LogP contribution in [0.4, 0.5) is 13.2 Å². The average Bonchev–Trinajstić information content (AvgIpc) is 2.88. The van der Waals surface area contributed by atoms with Crippen LogP contribution in [-0.2, 0) is 9.47 Å². The van der Waals surface area contributed by atoms with E-state index in [1.165, 1.54) is 18.2 Å². The second kappa shape index (κ2) is 11.7. The van der Waals surface area contributed by atoms with E-state index in [9.17, 15) is 8.78 Å². The Labute approximate surface area is 204 Å². The van der Waals surface area contributed by atoms with Gasteiger partial charge in [-0.05, 0) is 54.7 Å². The van der Waals surface area contributed by atoms with E-state index in [0.717, 1.165) is 31.2 Å². The Morgan fingerprint density at radius 1 is 0.800 bits per heavy atom. The fourth-order valence-electron chi connectivity index (χ4n) is 4.33. The Hall–Kier alpha value is -2.83. The SMILES string of the molecule is CCCCCC1OCC(c2ccc(-c3ccc(-c4ccc(OCC)c(F)c4F)cc3)c(F)c2)CO1. The average molecular weight is 485 g/mol. The summed E-state index contributed by atoms with van der Waals surface area (Å²) in [5, 5.41) is 0. The van der Waals surface area contributed by atoms with Gasteiger partial charge in [0.15, 0.2) is 17.9 Å². The van der Waals surface area contributed by atoms with Gasteiger partial charge in [0.25, 0.3) is 0 Å². The highest BCUT2D eigenvalue weighted by Crippen LogP contribution is 2.33. The summed E-state index contributed by atoms with van der Waals surface area (Å²) < 4.78 is 60.6. The summed E-state index contributed by atoms with van der Waals surface area (Å²) in [5.41, 5.74) is 2.54. The van der Waals surface area contributed by atoms with Crippen LogP contribution in [0.2, 0.25) is 0 Å². The van der Waals surface area contributed by atoms with Gasteiger partial charge < -0.3 is 14.2 Å². The third kappa shape index (κ3) is 5.88. The number of rotatable bonds is 9. The number of hydrogen-bond donors (Lipinski definition) is 0. The normalized spacial score (nSPS) is 18.0. The van der Waals surface area contributed by atoms with Crippen molar-refractivity contribution in [3.63, 3.8) is 0 Å². The molecule has 35 heavy (non-hydrogen) atoms. The monoisotopic (exact) mass is 484 g/mol. The molecule has 0 spiro atoms. The van der Waals surface area contributed by atoms with E-state index in [0.29, 0.717) is 29.9 Å². The highest BCUT2D eigenvalue weighted by Gasteiger charge is 2.24. The first-order valence-corrected chi connectivity index (χ1v) is 12.3. The first-order chi connectivity index (χ1) is 17.0. The third-order valence-corrected chi connectivity index (χ3v) is 6.33. The molecule has 1 fully saturated rings. The first-order valence-electron chi connectivity index (χ1n) is 12.3. The number of hydrogen-bond acceptors (Lipinski definition) is 3. The molecule has 0 aliphatic carbocycles. The predicted octanol–water partition coefficient (Wildman–Crippen LogP) is 7.87. The molecule has 4 rings (SSSR count). The van der Waals surface area contributed by atoms with Crippen molar-refractivity contribution in [1.82, 2.24) is 0 Å². The van der Waals surface area contributed by atoms with Crippen molar-refractivity contribution in [3.05, 3.63) is 77.6 Å². The van der Waals surface area contributed by atoms with E-state index < -0.39 is 11.6 Å². The lowest BCUT2D eigenvalue weighted by Crippen LogP contribution is -2.30. The largest absolute Gasteiger partial charge is 0.491 e. The summed E-state index contributed by atoms with van der Waals surface area (Å²) in [5.74, 6) is -2.46. The zero-order valence-electron chi connectivity index (χ0n) is 20.2. The van der Waals surface area contributed by atoms with Gasteiger partial charge in [-0.1, -0.05) is 56.2 Å². The second-order valence-corrected chi connectivity index (χ2v) is 8.78. The molecule has 0 radical (unpaired) electrons. The topological polar surface area (TPSA) is 27.7 Å². The molecule has 1 aliphatic heterocycles. The molecule has 3 aromatic carbocycles. The van der Waals surface area contributed by atoms with Gasteiger partial charge in [-0.25, -0.2) is 8.78 Å². The Morgan fingerprint density at radius 2 is 1.46 bits per heavy atom. The van der Waals surface area contributed by atoms with Gasteiger partial charge in [-0.15, -0.1) is 0 Å². The Morgan fingerprint density at radius 3 is 2.09 bits per heavy atom. The van der Waals surface area contributed by atoms with Crippen LogP contribution in [0, 0.1) is 17.5 Å². The third-order valence-electron chi connectivity index (χ3n) is 6.33. The molecule has 0 N–H and O–H groups in total. The smallest absolute Gasteiger partial charge is 0.201 e. The van der Waals surface area contributed by atoms with Gasteiger partial charge in [-0.2, -0.15) is 4.39 Å². The molecule has 0 unspecified atom stereocenters. The molecule has 0 amide bonds. The summed E-state index contributed by atoms with van der Waals surface area (Å²) >= 11 is 0. The van der Waals surface area contributed by atoms with E-state index in [4.69, 9.17) is 14.2 Å². The van der Waals surface area contributed by atoms with Crippen molar-refractivity contribution in [2.45, 2.75) is 51.7 Å². The van der Waals surface area contributed by atoms with Crippen LogP contribution in [0.25, 0.3) is 22.3 Å². The standard InChI is InChI=1S/C29H31F3O3/c1-3-5-6-7-27-34-17-22(18-35-27)21-12-13-23(25(30)16-21)19-8-10-20(11-9-19)24-14-15-26(33-4-2)29(32)28(24)31/h8-16,22,27H,3-7,17-18H2,1-2H3. The van der Waals surface area contributed by atoms with Crippen molar-refractivity contribution in [3.8, 4) is 28.0 Å². The number of benzene rings is 3. The number of unbranched alkanes of at least 4 members (excludes halogenated alkanes) is 2. The quantitative estimate of drug-likeness (QED) is 0.289. The zero-order valence-corrected chi connectivity index (χ0v) is 20.2. The molecule has 1 aliphatic rings. The molecule has 0 aromatic heterocycles. The fourth-order valence-corrected chi connectivity index (χ4v) is 4.33. The Kier molecular flexibility index (Phi) is 8.47. The second-order valence-electron chi connectivity index (χ2n) is 8.78. The van der Waals surface area contributed by atoms with Crippen molar-refractivity contribution in [2.75, 3.05) is 19.8 Å². The minimum Gasteiger partial charge on any atom is -0.491 e. The molecule has 6 heteroatoms. The molecule has 3 aromatic rings. The van der Waals surface area contributed by atoms with Crippen LogP contribution in [0.3, 0.4) is 0 Å². The number of halogens is 3. The zero-order chi connectivity index (χ0) is 24.8. The molecular weight excluding hydrogens is 453 g/mol. The number of ether oxygens (including phenoxy) is 3. The summed E-state index contributed by atoms with van der Waals surface area (Å²) in [7, 11) is 0. The highest BCUT2D eigenvalue weighted by atomic mass is 19.2. The van der Waals surface area contributed by atoms with Crippen LogP contribution >= 0.6 is 0 Å². The molecule has 0 bridgehead atoms. The summed E-state index contributed by atoms with van der Waals surface area (Å²) in [4.78, 5) is 0. The van der Waals surface area contributed by atoms with E-state index in [-0.39, 0.29) is 35.9 Å². The van der Waals surface area contributed by atoms with Crippen molar-refractivity contribution >= 4 is 0 Å². The minimum atomic E-state index is -1.02. The first kappa shape index (κ1) is 25.3. The molecule has 1 saturated heterocycles. The van der Waals surface area contributed by atoms with Crippen LogP contribution in [0.5, 0.6) is 5.75 Å². The van der Waals surface area contributed by atoms with Gasteiger partial charge in [0.1, 0.15) is 5.82 Å². The summed E-state index contributed by atoms with van der Waals surface area (Å²) in [6.07, 6.45) is 4.10. The molecule has 0 atom stereocenters. The van der Waals surface area contributed by atoms with E-state index in [1.54, 1.807) is 37.3 Å². The van der Waals surface area contributed by atoms with E-state index in [1.807, 2.05) is 6.07 Å². The van der Waals surface area contributed by atoms with Gasteiger partial charge in [-0.3, -0.25) is 0 Å². The lowest BCUT2D eigenvalue weighted by Gasteiger charge is -2.30. The van der Waals surface area contributed by atoms with Crippen LogP contribution in [-0.4, -0.2) is 26.1 Å². The fraction of sp³-hybridized carbons (Fsp3) is 0.379. The maximum atomic E-state index is 15.0. The Bertz CT molecular complexity index is 1120. The van der Waals surface area contributed by atoms with Gasteiger partial charge in [0.05, 0.1) is 19.8 Å². The van der Waals surface area contributed by atoms with E-state index >= 15 is 4.39 Å². The minimum absolute atomic E-state index is 0.0131. The van der Waals surface area contributed by atoms with Crippen molar-refractivity contribution in [2.24, 2.45) is 0 Å². The maximum Gasteiger partial charge on any atom is 0.201 e. The van der Waals surface area contributed by atoms with Crippen molar-refractivity contribution in [1.29, 1.82) is 0 Å². The van der Waals surface area contributed by atoms with Gasteiger partial charge in [0, 0.05) is 17.0 Å². The van der Waals surface area contributed by atoms with Gasteiger partial charge >= 0.3 is 0 Å². The molecule has 186 valence electrons. The van der Waals surface area contributed by atoms with Crippen LogP contribution in [0.1, 0.15) is 51.0 Å². The molecular formula is C29H31F3O3. The molecule has 0 saturated carbocycles. The van der Waals surface area contributed by atoms with Crippen LogP contribution < -0.4 is 4.74 Å². The molecule has 1 heterocycles. The lowest BCUT2D eigenvalue weighted by atomic mass is 9.95. The lowest BCUT2D eigenvalue weighted by molar-refractivity contribution is -0.190. The maximum absolute atomic E-state index is 15.0. The van der Waals surface area contributed by atoms with E-state index in [2.05, 4.69) is 6.92 Å². The molecule has 3 nitrogen and oxygen atoms in total. The highest BCUT2D eigenvalue weighted by molar-refractivity contribution is 5.71. The van der Waals surface area contributed by atoms with Crippen molar-refractivity contribution < 1.29 is 27.4 Å². The van der Waals surface area contributed by atoms with Crippen LogP contribution in [0.15, 0.2) is 54.6 Å². The Balaban J connectivity index is 1.45.